The van der Waals surface area contributed by atoms with Crippen molar-refractivity contribution in [1.29, 1.82) is 0 Å². The molecule has 0 amide bonds. The van der Waals surface area contributed by atoms with Crippen molar-refractivity contribution >= 4 is 11.6 Å². The smallest absolute Gasteiger partial charge is 0.123 e. The molecule has 0 saturated carbocycles. The van der Waals surface area contributed by atoms with Crippen LogP contribution in [-0.4, -0.2) is 32.0 Å². The fourth-order valence-electron chi connectivity index (χ4n) is 1.36. The molecule has 0 heterocycles. The highest BCUT2D eigenvalue weighted by Crippen LogP contribution is 2.25. The van der Waals surface area contributed by atoms with Crippen LogP contribution < -0.4 is 0 Å². The maximum Gasteiger partial charge on any atom is 0.123 e. The molecule has 0 radical (unpaired) electrons. The van der Waals surface area contributed by atoms with E-state index in [1.54, 1.807) is 7.11 Å². The number of hydrogen-bond acceptors (Lipinski definition) is 3. The number of benzene rings is 1. The van der Waals surface area contributed by atoms with Crippen LogP contribution in [0.2, 0.25) is 5.02 Å². The minimum atomic E-state index is -0.819. The molecule has 17 heavy (non-hydrogen) atoms. The van der Waals surface area contributed by atoms with Gasteiger partial charge < -0.3 is 14.6 Å². The molecule has 0 aliphatic heterocycles. The molecule has 1 aromatic rings. The normalized spacial score (nSPS) is 12.7. The molecular formula is C12H16ClFO3. The van der Waals surface area contributed by atoms with Crippen molar-refractivity contribution in [1.82, 2.24) is 0 Å². The lowest BCUT2D eigenvalue weighted by Gasteiger charge is -2.12. The van der Waals surface area contributed by atoms with Gasteiger partial charge in [0.05, 0.1) is 19.3 Å². The Morgan fingerprint density at radius 1 is 1.35 bits per heavy atom. The fraction of sp³-hybridized carbons (Fsp3) is 0.500. The maximum absolute atomic E-state index is 13.0. The van der Waals surface area contributed by atoms with Crippen LogP contribution in [0.4, 0.5) is 4.39 Å². The van der Waals surface area contributed by atoms with Crippen molar-refractivity contribution in [2.75, 3.05) is 26.9 Å². The van der Waals surface area contributed by atoms with Gasteiger partial charge in [0.15, 0.2) is 0 Å². The highest BCUT2D eigenvalue weighted by molar-refractivity contribution is 6.31. The van der Waals surface area contributed by atoms with Crippen molar-refractivity contribution in [3.05, 3.63) is 34.6 Å². The van der Waals surface area contributed by atoms with E-state index >= 15 is 0 Å². The van der Waals surface area contributed by atoms with Crippen LogP contribution in [0.15, 0.2) is 18.2 Å². The SMILES string of the molecule is COCCOCCC(O)c1cc(F)ccc1Cl. The molecule has 1 aromatic carbocycles. The van der Waals surface area contributed by atoms with E-state index in [0.29, 0.717) is 36.8 Å². The Morgan fingerprint density at radius 3 is 2.82 bits per heavy atom. The summed E-state index contributed by atoms with van der Waals surface area (Å²) in [4.78, 5) is 0. The van der Waals surface area contributed by atoms with E-state index in [9.17, 15) is 9.50 Å². The summed E-state index contributed by atoms with van der Waals surface area (Å²) >= 11 is 5.87. The van der Waals surface area contributed by atoms with Crippen LogP contribution in [0, 0.1) is 5.82 Å². The van der Waals surface area contributed by atoms with Gasteiger partial charge in [-0.2, -0.15) is 0 Å². The molecule has 1 atom stereocenters. The van der Waals surface area contributed by atoms with Crippen molar-refractivity contribution in [2.45, 2.75) is 12.5 Å². The Morgan fingerprint density at radius 2 is 2.12 bits per heavy atom. The third-order valence-corrected chi connectivity index (χ3v) is 2.63. The summed E-state index contributed by atoms with van der Waals surface area (Å²) < 4.78 is 23.0. The molecule has 1 N–H and O–H groups in total. The molecule has 0 saturated heterocycles. The first kappa shape index (κ1) is 14.4. The van der Waals surface area contributed by atoms with Crippen LogP contribution >= 0.6 is 11.6 Å². The van der Waals surface area contributed by atoms with E-state index in [1.165, 1.54) is 18.2 Å². The zero-order chi connectivity index (χ0) is 12.7. The lowest BCUT2D eigenvalue weighted by atomic mass is 10.1. The summed E-state index contributed by atoms with van der Waals surface area (Å²) in [5, 5.41) is 10.2. The second kappa shape index (κ2) is 7.61. The van der Waals surface area contributed by atoms with E-state index in [0.717, 1.165) is 0 Å². The van der Waals surface area contributed by atoms with Crippen molar-refractivity contribution in [2.24, 2.45) is 0 Å². The van der Waals surface area contributed by atoms with E-state index in [-0.39, 0.29) is 0 Å². The third kappa shape index (κ3) is 5.00. The van der Waals surface area contributed by atoms with Gasteiger partial charge in [0.1, 0.15) is 5.82 Å². The Kier molecular flexibility index (Phi) is 6.44. The standard InChI is InChI=1S/C12H16ClFO3/c1-16-6-7-17-5-4-12(15)10-8-9(14)2-3-11(10)13/h2-3,8,12,15H,4-7H2,1H3. The van der Waals surface area contributed by atoms with Gasteiger partial charge >= 0.3 is 0 Å². The zero-order valence-corrected chi connectivity index (χ0v) is 10.4. The Labute approximate surface area is 105 Å². The largest absolute Gasteiger partial charge is 0.388 e. The highest BCUT2D eigenvalue weighted by Gasteiger charge is 2.12. The number of hydrogen-bond donors (Lipinski definition) is 1. The lowest BCUT2D eigenvalue weighted by molar-refractivity contribution is 0.0475. The van der Waals surface area contributed by atoms with E-state index in [4.69, 9.17) is 21.1 Å². The Hall–Kier alpha value is -0.680. The molecule has 96 valence electrons. The summed E-state index contributed by atoms with van der Waals surface area (Å²) in [5.74, 6) is -0.413. The van der Waals surface area contributed by atoms with Crippen LogP contribution in [0.3, 0.4) is 0 Å². The first-order valence-corrected chi connectivity index (χ1v) is 5.72. The minimum Gasteiger partial charge on any atom is -0.388 e. The van der Waals surface area contributed by atoms with Crippen LogP contribution in [0.25, 0.3) is 0 Å². The highest BCUT2D eigenvalue weighted by atomic mass is 35.5. The van der Waals surface area contributed by atoms with Crippen LogP contribution in [-0.2, 0) is 9.47 Å². The van der Waals surface area contributed by atoms with Gasteiger partial charge in [-0.05, 0) is 18.2 Å². The lowest BCUT2D eigenvalue weighted by Crippen LogP contribution is -2.07. The number of halogens is 2. The molecule has 1 rings (SSSR count). The average molecular weight is 263 g/mol. The second-order valence-corrected chi connectivity index (χ2v) is 3.98. The number of methoxy groups -OCH3 is 1. The van der Waals surface area contributed by atoms with Gasteiger partial charge in [-0.3, -0.25) is 0 Å². The van der Waals surface area contributed by atoms with Gasteiger partial charge in [-0.1, -0.05) is 11.6 Å². The van der Waals surface area contributed by atoms with E-state index in [2.05, 4.69) is 0 Å². The number of aliphatic hydroxyl groups excluding tert-OH is 1. The first-order valence-electron chi connectivity index (χ1n) is 5.35. The summed E-state index contributed by atoms with van der Waals surface area (Å²) in [5.41, 5.74) is 0.391. The monoisotopic (exact) mass is 262 g/mol. The minimum absolute atomic E-state index is 0.357. The molecule has 0 fully saturated rings. The Bertz CT molecular complexity index is 347. The maximum atomic E-state index is 13.0. The van der Waals surface area contributed by atoms with Crippen molar-refractivity contribution in [3.8, 4) is 0 Å². The average Bonchev–Trinajstić information content (AvgIpc) is 2.32. The van der Waals surface area contributed by atoms with Gasteiger partial charge in [0, 0.05) is 30.7 Å². The van der Waals surface area contributed by atoms with Crippen LogP contribution in [0.5, 0.6) is 0 Å². The first-order chi connectivity index (χ1) is 8.15. The predicted octanol–water partition coefficient (Wildman–Crippen LogP) is 2.57. The van der Waals surface area contributed by atoms with Crippen LogP contribution in [0.1, 0.15) is 18.1 Å². The topological polar surface area (TPSA) is 38.7 Å². The predicted molar refractivity (Wildman–Crippen MR) is 63.7 cm³/mol. The second-order valence-electron chi connectivity index (χ2n) is 3.58. The quantitative estimate of drug-likeness (QED) is 0.768. The molecule has 0 bridgehead atoms. The molecule has 0 aliphatic rings. The Balaban J connectivity index is 2.41. The van der Waals surface area contributed by atoms with Gasteiger partial charge in [0.25, 0.3) is 0 Å². The molecule has 5 heteroatoms. The summed E-state index contributed by atoms with van der Waals surface area (Å²) in [6.45, 7) is 1.36. The summed E-state index contributed by atoms with van der Waals surface area (Å²) in [7, 11) is 1.59. The number of aliphatic hydroxyl groups is 1. The van der Waals surface area contributed by atoms with Gasteiger partial charge in [0.2, 0.25) is 0 Å². The fourth-order valence-corrected chi connectivity index (χ4v) is 1.61. The zero-order valence-electron chi connectivity index (χ0n) is 9.66. The molecule has 1 unspecified atom stereocenters. The molecule has 0 aliphatic carbocycles. The van der Waals surface area contributed by atoms with E-state index < -0.39 is 11.9 Å². The molecule has 0 aromatic heterocycles. The molecular weight excluding hydrogens is 247 g/mol. The molecule has 0 spiro atoms. The molecule has 3 nitrogen and oxygen atoms in total. The van der Waals surface area contributed by atoms with Crippen molar-refractivity contribution in [3.63, 3.8) is 0 Å². The summed E-state index contributed by atoms with van der Waals surface area (Å²) in [6.07, 6.45) is -0.451. The number of ether oxygens (including phenoxy) is 2. The summed E-state index contributed by atoms with van der Waals surface area (Å²) in [6, 6.07) is 3.93. The van der Waals surface area contributed by atoms with Crippen molar-refractivity contribution < 1.29 is 19.0 Å². The van der Waals surface area contributed by atoms with E-state index in [1.807, 2.05) is 0 Å². The van der Waals surface area contributed by atoms with Gasteiger partial charge in [-0.25, -0.2) is 4.39 Å². The number of rotatable bonds is 7. The van der Waals surface area contributed by atoms with Gasteiger partial charge in [-0.15, -0.1) is 0 Å². The third-order valence-electron chi connectivity index (χ3n) is 2.28.